The van der Waals surface area contributed by atoms with Gasteiger partial charge in [0.1, 0.15) is 0 Å². The Bertz CT molecular complexity index is 863. The van der Waals surface area contributed by atoms with E-state index in [2.05, 4.69) is 15.2 Å². The van der Waals surface area contributed by atoms with E-state index in [-0.39, 0.29) is 17.2 Å². The van der Waals surface area contributed by atoms with Gasteiger partial charge in [0.05, 0.1) is 10.7 Å². The molecule has 3 rings (SSSR count). The van der Waals surface area contributed by atoms with Crippen molar-refractivity contribution in [3.63, 3.8) is 0 Å². The highest BCUT2D eigenvalue weighted by molar-refractivity contribution is 7.99. The lowest BCUT2D eigenvalue weighted by atomic mass is 10.2. The molecule has 120 valence electrons. The first-order valence-corrected chi connectivity index (χ1v) is 8.00. The van der Waals surface area contributed by atoms with Gasteiger partial charge in [-0.15, -0.1) is 5.10 Å². The van der Waals surface area contributed by atoms with Crippen LogP contribution in [0.15, 0.2) is 59.8 Å². The number of nitro benzene ring substituents is 1. The number of nitrogens with one attached hydrogen (secondary N) is 1. The van der Waals surface area contributed by atoms with Gasteiger partial charge in [0, 0.05) is 23.3 Å². The quantitative estimate of drug-likeness (QED) is 0.319. The summed E-state index contributed by atoms with van der Waals surface area (Å²) in [6.07, 6.45) is 0. The fourth-order valence-corrected chi connectivity index (χ4v) is 2.71. The highest BCUT2D eigenvalue weighted by Crippen LogP contribution is 2.22. The van der Waals surface area contributed by atoms with Crippen LogP contribution in [0.3, 0.4) is 0 Å². The van der Waals surface area contributed by atoms with Gasteiger partial charge in [-0.05, 0) is 12.1 Å². The van der Waals surface area contributed by atoms with E-state index in [0.29, 0.717) is 22.1 Å². The number of rotatable bonds is 6. The zero-order chi connectivity index (χ0) is 16.9. The van der Waals surface area contributed by atoms with E-state index in [1.165, 1.54) is 23.9 Å². The molecule has 0 aliphatic carbocycles. The summed E-state index contributed by atoms with van der Waals surface area (Å²) in [6, 6.07) is 15.0. The predicted octanol–water partition coefficient (Wildman–Crippen LogP) is 3.35. The van der Waals surface area contributed by atoms with Crippen LogP contribution in [0.4, 0.5) is 5.69 Å². The fraction of sp³-hybridized carbons (Fsp3) is 0.0625. The Morgan fingerprint density at radius 3 is 2.50 bits per heavy atom. The fourth-order valence-electron chi connectivity index (χ4n) is 2.02. The second kappa shape index (κ2) is 7.05. The number of hydrogen-bond donors (Lipinski definition) is 1. The molecule has 0 saturated heterocycles. The number of Topliss-reactive ketones (excluding diaryl/α,β-unsaturated/α-hetero) is 1. The molecule has 1 aromatic heterocycles. The van der Waals surface area contributed by atoms with Crippen LogP contribution in [0, 0.1) is 10.1 Å². The molecule has 0 radical (unpaired) electrons. The maximum Gasteiger partial charge on any atom is 0.269 e. The Morgan fingerprint density at radius 2 is 1.83 bits per heavy atom. The summed E-state index contributed by atoms with van der Waals surface area (Å²) in [5.74, 6) is 0.739. The Morgan fingerprint density at radius 1 is 1.12 bits per heavy atom. The molecule has 2 aromatic carbocycles. The second-order valence-electron chi connectivity index (χ2n) is 4.85. The summed E-state index contributed by atoms with van der Waals surface area (Å²) in [5, 5.41) is 17.9. The standard InChI is InChI=1S/C16H12N4O3S/c21-14(11-4-2-1-3-5-11)10-24-16-17-15(18-19-16)12-6-8-13(9-7-12)20(22)23/h1-9H,10H2,(H,17,18,19). The van der Waals surface area contributed by atoms with Gasteiger partial charge in [-0.1, -0.05) is 42.1 Å². The van der Waals surface area contributed by atoms with Gasteiger partial charge < -0.3 is 0 Å². The molecule has 3 aromatic rings. The zero-order valence-corrected chi connectivity index (χ0v) is 13.2. The summed E-state index contributed by atoms with van der Waals surface area (Å²) in [4.78, 5) is 26.5. The number of non-ortho nitro benzene ring substituents is 1. The van der Waals surface area contributed by atoms with Crippen molar-refractivity contribution < 1.29 is 9.72 Å². The van der Waals surface area contributed by atoms with Crippen LogP contribution >= 0.6 is 11.8 Å². The Kier molecular flexibility index (Phi) is 4.66. The van der Waals surface area contributed by atoms with Crippen LogP contribution in [0.5, 0.6) is 0 Å². The zero-order valence-electron chi connectivity index (χ0n) is 12.4. The number of ketones is 1. The molecule has 1 N–H and O–H groups in total. The average molecular weight is 340 g/mol. The molecule has 0 unspecified atom stereocenters. The molecule has 1 heterocycles. The molecule has 0 fully saturated rings. The lowest BCUT2D eigenvalue weighted by molar-refractivity contribution is -0.384. The van der Waals surface area contributed by atoms with Crippen molar-refractivity contribution in [2.24, 2.45) is 0 Å². The molecular weight excluding hydrogens is 328 g/mol. The Labute approximate surface area is 141 Å². The smallest absolute Gasteiger partial charge is 0.269 e. The van der Waals surface area contributed by atoms with E-state index < -0.39 is 4.92 Å². The van der Waals surface area contributed by atoms with E-state index in [1.807, 2.05) is 18.2 Å². The number of H-pyrrole nitrogens is 1. The predicted molar refractivity (Wildman–Crippen MR) is 90.0 cm³/mol. The summed E-state index contributed by atoms with van der Waals surface area (Å²) in [7, 11) is 0. The number of nitrogens with zero attached hydrogens (tertiary/aromatic N) is 3. The summed E-state index contributed by atoms with van der Waals surface area (Å²) >= 11 is 1.24. The van der Waals surface area contributed by atoms with Crippen LogP contribution in [0.1, 0.15) is 10.4 Å². The third-order valence-corrected chi connectivity index (χ3v) is 4.09. The van der Waals surface area contributed by atoms with Crippen molar-refractivity contribution in [1.82, 2.24) is 15.2 Å². The van der Waals surface area contributed by atoms with Crippen LogP contribution in [0.25, 0.3) is 11.4 Å². The van der Waals surface area contributed by atoms with Crippen molar-refractivity contribution in [3.8, 4) is 11.4 Å². The van der Waals surface area contributed by atoms with Gasteiger partial charge in [0.25, 0.3) is 5.69 Å². The molecule has 24 heavy (non-hydrogen) atoms. The molecule has 0 spiro atoms. The lowest BCUT2D eigenvalue weighted by Crippen LogP contribution is -2.01. The van der Waals surface area contributed by atoms with E-state index in [1.54, 1.807) is 24.3 Å². The second-order valence-corrected chi connectivity index (χ2v) is 5.79. The third-order valence-electron chi connectivity index (χ3n) is 3.24. The first-order valence-electron chi connectivity index (χ1n) is 7.02. The molecular formula is C16H12N4O3S. The molecule has 7 nitrogen and oxygen atoms in total. The Balaban J connectivity index is 1.65. The number of carbonyl (C=O) groups excluding carboxylic acids is 1. The highest BCUT2D eigenvalue weighted by Gasteiger charge is 2.11. The van der Waals surface area contributed by atoms with Gasteiger partial charge in [0.15, 0.2) is 11.6 Å². The average Bonchev–Trinajstić information content (AvgIpc) is 3.09. The minimum absolute atomic E-state index is 0.00212. The largest absolute Gasteiger partial charge is 0.293 e. The van der Waals surface area contributed by atoms with Crippen LogP contribution in [-0.4, -0.2) is 31.6 Å². The van der Waals surface area contributed by atoms with Crippen molar-refractivity contribution in [3.05, 3.63) is 70.3 Å². The van der Waals surface area contributed by atoms with Gasteiger partial charge in [0.2, 0.25) is 5.16 Å². The topological polar surface area (TPSA) is 102 Å². The van der Waals surface area contributed by atoms with Gasteiger partial charge in [-0.3, -0.25) is 20.0 Å². The van der Waals surface area contributed by atoms with E-state index in [9.17, 15) is 14.9 Å². The minimum Gasteiger partial charge on any atom is -0.293 e. The number of aromatic nitrogens is 3. The number of hydrogen-bond acceptors (Lipinski definition) is 6. The normalized spacial score (nSPS) is 10.5. The first-order chi connectivity index (χ1) is 11.6. The van der Waals surface area contributed by atoms with Gasteiger partial charge >= 0.3 is 0 Å². The molecule has 0 aliphatic rings. The molecule has 0 saturated carbocycles. The molecule has 0 atom stereocenters. The van der Waals surface area contributed by atoms with Crippen LogP contribution < -0.4 is 0 Å². The molecule has 8 heteroatoms. The summed E-state index contributed by atoms with van der Waals surface area (Å²) in [6.45, 7) is 0. The maximum absolute atomic E-state index is 12.0. The minimum atomic E-state index is -0.458. The van der Waals surface area contributed by atoms with Crippen molar-refractivity contribution in [2.75, 3.05) is 5.75 Å². The van der Waals surface area contributed by atoms with Gasteiger partial charge in [-0.2, -0.15) is 0 Å². The van der Waals surface area contributed by atoms with Crippen molar-refractivity contribution in [1.29, 1.82) is 0 Å². The van der Waals surface area contributed by atoms with E-state index >= 15 is 0 Å². The number of aromatic amines is 1. The number of carbonyl (C=O) groups is 1. The van der Waals surface area contributed by atoms with Crippen LogP contribution in [-0.2, 0) is 0 Å². The van der Waals surface area contributed by atoms with Crippen LogP contribution in [0.2, 0.25) is 0 Å². The molecule has 0 amide bonds. The number of benzene rings is 2. The molecule has 0 aliphatic heterocycles. The maximum atomic E-state index is 12.0. The van der Waals surface area contributed by atoms with Crippen molar-refractivity contribution >= 4 is 23.2 Å². The van der Waals surface area contributed by atoms with E-state index in [4.69, 9.17) is 0 Å². The number of nitro groups is 1. The van der Waals surface area contributed by atoms with Gasteiger partial charge in [-0.25, -0.2) is 4.98 Å². The summed E-state index contributed by atoms with van der Waals surface area (Å²) in [5.41, 5.74) is 1.35. The molecule has 0 bridgehead atoms. The lowest BCUT2D eigenvalue weighted by Gasteiger charge is -1.98. The highest BCUT2D eigenvalue weighted by atomic mass is 32.2. The summed E-state index contributed by atoms with van der Waals surface area (Å²) < 4.78 is 0. The SMILES string of the molecule is O=C(CSc1n[nH]c(-c2ccc([N+](=O)[O-])cc2)n1)c1ccccc1. The van der Waals surface area contributed by atoms with E-state index in [0.717, 1.165) is 0 Å². The van der Waals surface area contributed by atoms with Crippen molar-refractivity contribution in [2.45, 2.75) is 5.16 Å². The first kappa shape index (κ1) is 15.9. The monoisotopic (exact) mass is 340 g/mol. The Hall–Kier alpha value is -3.00. The third kappa shape index (κ3) is 3.66. The number of thioether (sulfide) groups is 1.